The number of methoxy groups -OCH3 is 1. The van der Waals surface area contributed by atoms with Crippen molar-refractivity contribution in [2.45, 2.75) is 26.3 Å². The lowest BCUT2D eigenvalue weighted by atomic mass is 10.3. The Hall–Kier alpha value is -1.32. The Kier molecular flexibility index (Phi) is 3.06. The molecule has 4 heteroatoms. The molecule has 0 aliphatic heterocycles. The predicted octanol–water partition coefficient (Wildman–Crippen LogP) is 1.21. The van der Waals surface area contributed by atoms with E-state index in [4.69, 9.17) is 4.74 Å². The molecule has 1 aromatic rings. The van der Waals surface area contributed by atoms with Gasteiger partial charge < -0.3 is 9.53 Å². The molecule has 1 aromatic heterocycles. The molecular formula is C9H14N2O2. The van der Waals surface area contributed by atoms with E-state index in [1.54, 1.807) is 18.0 Å². The van der Waals surface area contributed by atoms with Crippen LogP contribution in [-0.2, 0) is 11.2 Å². The third kappa shape index (κ3) is 1.88. The smallest absolute Gasteiger partial charge is 0.160 e. The Morgan fingerprint density at radius 1 is 1.69 bits per heavy atom. The van der Waals surface area contributed by atoms with Gasteiger partial charge in [-0.1, -0.05) is 0 Å². The average Bonchev–Trinajstić information content (AvgIpc) is 2.48. The standard InChI is InChI=1S/C9H14N2O2/c1-7(2)11-8(4-5-12)9(13-3)6-10-11/h5-7H,4H2,1-3H3. The van der Waals surface area contributed by atoms with E-state index in [0.29, 0.717) is 12.2 Å². The fourth-order valence-corrected chi connectivity index (χ4v) is 1.26. The molecule has 0 spiro atoms. The molecule has 0 aromatic carbocycles. The highest BCUT2D eigenvalue weighted by Gasteiger charge is 2.12. The summed E-state index contributed by atoms with van der Waals surface area (Å²) in [5.41, 5.74) is 0.840. The second kappa shape index (κ2) is 4.07. The second-order valence-corrected chi connectivity index (χ2v) is 3.07. The fourth-order valence-electron chi connectivity index (χ4n) is 1.26. The number of ether oxygens (including phenoxy) is 1. The summed E-state index contributed by atoms with van der Waals surface area (Å²) in [5.74, 6) is 0.681. The van der Waals surface area contributed by atoms with Crippen molar-refractivity contribution in [2.24, 2.45) is 0 Å². The van der Waals surface area contributed by atoms with Gasteiger partial charge >= 0.3 is 0 Å². The van der Waals surface area contributed by atoms with Gasteiger partial charge in [-0.3, -0.25) is 4.68 Å². The van der Waals surface area contributed by atoms with Gasteiger partial charge in [0.05, 0.1) is 19.0 Å². The lowest BCUT2D eigenvalue weighted by Crippen LogP contribution is -2.08. The molecule has 13 heavy (non-hydrogen) atoms. The van der Waals surface area contributed by atoms with Crippen molar-refractivity contribution < 1.29 is 9.53 Å². The Bertz CT molecular complexity index is 292. The van der Waals surface area contributed by atoms with Gasteiger partial charge in [0, 0.05) is 12.5 Å². The summed E-state index contributed by atoms with van der Waals surface area (Å²) in [6.45, 7) is 4.03. The van der Waals surface area contributed by atoms with E-state index >= 15 is 0 Å². The molecule has 0 unspecified atom stereocenters. The highest BCUT2D eigenvalue weighted by Crippen LogP contribution is 2.20. The molecule has 72 valence electrons. The zero-order valence-corrected chi connectivity index (χ0v) is 8.15. The van der Waals surface area contributed by atoms with Gasteiger partial charge in [-0.15, -0.1) is 0 Å². The molecule has 0 saturated carbocycles. The molecule has 0 N–H and O–H groups in total. The number of hydrogen-bond acceptors (Lipinski definition) is 3. The summed E-state index contributed by atoms with van der Waals surface area (Å²) in [6.07, 6.45) is 2.85. The molecule has 0 saturated heterocycles. The zero-order valence-electron chi connectivity index (χ0n) is 8.15. The number of carbonyl (C=O) groups is 1. The van der Waals surface area contributed by atoms with Crippen LogP contribution in [0.25, 0.3) is 0 Å². The quantitative estimate of drug-likeness (QED) is 0.657. The first-order valence-electron chi connectivity index (χ1n) is 4.24. The summed E-state index contributed by atoms with van der Waals surface area (Å²) in [7, 11) is 1.58. The Morgan fingerprint density at radius 3 is 2.85 bits per heavy atom. The van der Waals surface area contributed by atoms with Crippen molar-refractivity contribution in [1.82, 2.24) is 9.78 Å². The molecule has 0 bridgehead atoms. The minimum absolute atomic E-state index is 0.249. The number of rotatable bonds is 4. The summed E-state index contributed by atoms with van der Waals surface area (Å²) in [4.78, 5) is 10.4. The lowest BCUT2D eigenvalue weighted by molar-refractivity contribution is -0.107. The summed E-state index contributed by atoms with van der Waals surface area (Å²) >= 11 is 0. The molecule has 0 aliphatic rings. The monoisotopic (exact) mass is 182 g/mol. The normalized spacial score (nSPS) is 10.5. The fraction of sp³-hybridized carbons (Fsp3) is 0.556. The molecule has 1 rings (SSSR count). The van der Waals surface area contributed by atoms with Crippen LogP contribution >= 0.6 is 0 Å². The van der Waals surface area contributed by atoms with Crippen LogP contribution in [0.1, 0.15) is 25.6 Å². The molecule has 0 atom stereocenters. The number of aldehydes is 1. The van der Waals surface area contributed by atoms with Crippen LogP contribution < -0.4 is 4.74 Å². The lowest BCUT2D eigenvalue weighted by Gasteiger charge is -2.09. The van der Waals surface area contributed by atoms with Gasteiger partial charge in [0.25, 0.3) is 0 Å². The minimum atomic E-state index is 0.249. The second-order valence-electron chi connectivity index (χ2n) is 3.07. The SMILES string of the molecule is COc1cnn(C(C)C)c1CC=O. The van der Waals surface area contributed by atoms with E-state index in [2.05, 4.69) is 5.10 Å². The van der Waals surface area contributed by atoms with E-state index in [1.165, 1.54) is 0 Å². The van der Waals surface area contributed by atoms with E-state index in [1.807, 2.05) is 13.8 Å². The van der Waals surface area contributed by atoms with Crippen molar-refractivity contribution in [3.8, 4) is 5.75 Å². The Morgan fingerprint density at radius 2 is 2.38 bits per heavy atom. The highest BCUT2D eigenvalue weighted by atomic mass is 16.5. The largest absolute Gasteiger partial charge is 0.493 e. The predicted molar refractivity (Wildman–Crippen MR) is 48.9 cm³/mol. The van der Waals surface area contributed by atoms with Gasteiger partial charge in [0.2, 0.25) is 0 Å². The molecule has 0 amide bonds. The first-order chi connectivity index (χ1) is 6.20. The van der Waals surface area contributed by atoms with Crippen LogP contribution in [-0.4, -0.2) is 23.2 Å². The summed E-state index contributed by atoms with van der Waals surface area (Å²) in [5, 5.41) is 4.14. The van der Waals surface area contributed by atoms with Crippen molar-refractivity contribution in [2.75, 3.05) is 7.11 Å². The first-order valence-corrected chi connectivity index (χ1v) is 4.24. The van der Waals surface area contributed by atoms with Crippen LogP contribution in [0.4, 0.5) is 0 Å². The van der Waals surface area contributed by atoms with Crippen molar-refractivity contribution in [3.63, 3.8) is 0 Å². The maximum atomic E-state index is 10.4. The van der Waals surface area contributed by atoms with E-state index in [-0.39, 0.29) is 6.04 Å². The number of hydrogen-bond donors (Lipinski definition) is 0. The molecule has 0 aliphatic carbocycles. The molecule has 1 heterocycles. The van der Waals surface area contributed by atoms with E-state index in [0.717, 1.165) is 12.0 Å². The van der Waals surface area contributed by atoms with Crippen molar-refractivity contribution >= 4 is 6.29 Å². The minimum Gasteiger partial charge on any atom is -0.493 e. The maximum absolute atomic E-state index is 10.4. The maximum Gasteiger partial charge on any atom is 0.160 e. The Labute approximate surface area is 77.5 Å². The van der Waals surface area contributed by atoms with Crippen molar-refractivity contribution in [1.29, 1.82) is 0 Å². The van der Waals surface area contributed by atoms with Crippen LogP contribution in [0.15, 0.2) is 6.20 Å². The average molecular weight is 182 g/mol. The number of nitrogens with zero attached hydrogens (tertiary/aromatic N) is 2. The third-order valence-corrected chi connectivity index (χ3v) is 1.85. The van der Waals surface area contributed by atoms with Crippen LogP contribution in [0.2, 0.25) is 0 Å². The van der Waals surface area contributed by atoms with Gasteiger partial charge in [0.15, 0.2) is 5.75 Å². The molecule has 4 nitrogen and oxygen atoms in total. The van der Waals surface area contributed by atoms with Crippen LogP contribution in [0, 0.1) is 0 Å². The summed E-state index contributed by atoms with van der Waals surface area (Å²) in [6, 6.07) is 0.249. The van der Waals surface area contributed by atoms with Gasteiger partial charge in [0.1, 0.15) is 6.29 Å². The molecular weight excluding hydrogens is 168 g/mol. The number of aromatic nitrogens is 2. The third-order valence-electron chi connectivity index (χ3n) is 1.85. The molecule has 0 radical (unpaired) electrons. The van der Waals surface area contributed by atoms with E-state index < -0.39 is 0 Å². The van der Waals surface area contributed by atoms with Gasteiger partial charge in [-0.2, -0.15) is 5.10 Å². The number of carbonyl (C=O) groups excluding carboxylic acids is 1. The van der Waals surface area contributed by atoms with Gasteiger partial charge in [-0.25, -0.2) is 0 Å². The Balaban J connectivity index is 3.05. The first kappa shape index (κ1) is 9.77. The highest BCUT2D eigenvalue weighted by molar-refractivity contribution is 5.55. The molecule has 0 fully saturated rings. The zero-order chi connectivity index (χ0) is 9.84. The summed E-state index contributed by atoms with van der Waals surface area (Å²) < 4.78 is 6.89. The van der Waals surface area contributed by atoms with Crippen LogP contribution in [0.5, 0.6) is 5.75 Å². The van der Waals surface area contributed by atoms with Crippen molar-refractivity contribution in [3.05, 3.63) is 11.9 Å². The topological polar surface area (TPSA) is 44.1 Å². The van der Waals surface area contributed by atoms with E-state index in [9.17, 15) is 4.79 Å². The van der Waals surface area contributed by atoms with Crippen LogP contribution in [0.3, 0.4) is 0 Å². The van der Waals surface area contributed by atoms with Gasteiger partial charge in [-0.05, 0) is 13.8 Å².